The maximum Gasteiger partial charge on any atom is 0.123 e. The van der Waals surface area contributed by atoms with Crippen LogP contribution in [0.5, 0.6) is 5.75 Å². The van der Waals surface area contributed by atoms with Gasteiger partial charge in [0.15, 0.2) is 0 Å². The van der Waals surface area contributed by atoms with Crippen LogP contribution in [0.2, 0.25) is 0 Å². The molecule has 2 aliphatic rings. The Labute approximate surface area is 146 Å². The van der Waals surface area contributed by atoms with Crippen molar-refractivity contribution in [2.45, 2.75) is 94.4 Å². The van der Waals surface area contributed by atoms with E-state index < -0.39 is 0 Å². The third-order valence-corrected chi connectivity index (χ3v) is 5.91. The molecular formula is C21H31ClO. The van der Waals surface area contributed by atoms with Gasteiger partial charge in [0.2, 0.25) is 0 Å². The lowest BCUT2D eigenvalue weighted by Crippen LogP contribution is -2.38. The van der Waals surface area contributed by atoms with Crippen LogP contribution in [0.4, 0.5) is 0 Å². The van der Waals surface area contributed by atoms with E-state index in [-0.39, 0.29) is 11.0 Å². The van der Waals surface area contributed by atoms with Crippen LogP contribution in [-0.2, 0) is 6.42 Å². The number of rotatable bonds is 0. The van der Waals surface area contributed by atoms with E-state index in [0.717, 1.165) is 18.6 Å². The Balaban J connectivity index is 1.77. The van der Waals surface area contributed by atoms with Crippen LogP contribution >= 0.6 is 11.6 Å². The van der Waals surface area contributed by atoms with Crippen LogP contribution in [-0.4, -0.2) is 11.0 Å². The molecule has 1 aliphatic carbocycles. The van der Waals surface area contributed by atoms with E-state index in [1.165, 1.54) is 76.2 Å². The summed E-state index contributed by atoms with van der Waals surface area (Å²) in [5.41, 5.74) is 1.26. The molecule has 128 valence electrons. The molecule has 0 saturated heterocycles. The monoisotopic (exact) mass is 334 g/mol. The first-order valence-electron chi connectivity index (χ1n) is 9.68. The van der Waals surface area contributed by atoms with Crippen LogP contribution in [0.3, 0.4) is 0 Å². The number of hydrogen-bond donors (Lipinski definition) is 0. The predicted molar refractivity (Wildman–Crippen MR) is 98.6 cm³/mol. The summed E-state index contributed by atoms with van der Waals surface area (Å²) in [7, 11) is 0. The molecule has 1 heterocycles. The van der Waals surface area contributed by atoms with Gasteiger partial charge in [-0.15, -0.1) is 11.6 Å². The van der Waals surface area contributed by atoms with Gasteiger partial charge in [-0.05, 0) is 43.7 Å². The van der Waals surface area contributed by atoms with Crippen molar-refractivity contribution in [2.75, 3.05) is 0 Å². The lowest BCUT2D eigenvalue weighted by atomic mass is 9.84. The first kappa shape index (κ1) is 17.1. The molecule has 0 radical (unpaired) electrons. The van der Waals surface area contributed by atoms with Crippen molar-refractivity contribution in [2.24, 2.45) is 0 Å². The third-order valence-electron chi connectivity index (χ3n) is 5.60. The summed E-state index contributed by atoms with van der Waals surface area (Å²) < 4.78 is 6.68. The highest BCUT2D eigenvalue weighted by Crippen LogP contribution is 2.40. The molecule has 1 aliphatic heterocycles. The molecule has 0 N–H and O–H groups in total. The molecule has 3 rings (SSSR count). The molecule has 1 spiro atoms. The average molecular weight is 335 g/mol. The molecule has 2 heteroatoms. The van der Waals surface area contributed by atoms with Crippen LogP contribution < -0.4 is 4.74 Å². The van der Waals surface area contributed by atoms with Crippen molar-refractivity contribution in [3.05, 3.63) is 29.8 Å². The van der Waals surface area contributed by atoms with E-state index >= 15 is 0 Å². The highest BCUT2D eigenvalue weighted by Gasteiger charge is 2.37. The van der Waals surface area contributed by atoms with Crippen LogP contribution in [0.1, 0.15) is 82.6 Å². The Hall–Kier alpha value is -0.690. The second-order valence-corrected chi connectivity index (χ2v) is 8.20. The molecule has 1 fully saturated rings. The highest BCUT2D eigenvalue weighted by atomic mass is 35.5. The SMILES string of the molecule is ClC1Cc2ccccc2OC2(CCCCCCCCCCC2)C1. The quantitative estimate of drug-likeness (QED) is 0.482. The van der Waals surface area contributed by atoms with Gasteiger partial charge in [-0.3, -0.25) is 0 Å². The fourth-order valence-corrected chi connectivity index (χ4v) is 4.77. The van der Waals surface area contributed by atoms with Gasteiger partial charge in [0.25, 0.3) is 0 Å². The summed E-state index contributed by atoms with van der Waals surface area (Å²) >= 11 is 6.72. The number of ether oxygens (including phenoxy) is 1. The van der Waals surface area contributed by atoms with Crippen molar-refractivity contribution in [1.29, 1.82) is 0 Å². The Morgan fingerprint density at radius 1 is 0.826 bits per heavy atom. The Morgan fingerprint density at radius 2 is 1.39 bits per heavy atom. The normalized spacial score (nSPS) is 26.2. The fourth-order valence-electron chi connectivity index (χ4n) is 4.32. The van der Waals surface area contributed by atoms with Crippen molar-refractivity contribution in [1.82, 2.24) is 0 Å². The molecule has 1 nitrogen and oxygen atoms in total. The summed E-state index contributed by atoms with van der Waals surface area (Å²) in [4.78, 5) is 0. The van der Waals surface area contributed by atoms with Gasteiger partial charge in [0.05, 0.1) is 0 Å². The summed E-state index contributed by atoms with van der Waals surface area (Å²) in [6, 6.07) is 8.52. The maximum atomic E-state index is 6.72. The minimum absolute atomic E-state index is 0.0295. The average Bonchev–Trinajstić information content (AvgIpc) is 2.66. The zero-order chi connectivity index (χ0) is 16.0. The number of hydrogen-bond acceptors (Lipinski definition) is 1. The van der Waals surface area contributed by atoms with Crippen molar-refractivity contribution in [3.63, 3.8) is 0 Å². The molecule has 1 saturated carbocycles. The number of para-hydroxylation sites is 1. The molecule has 0 aromatic heterocycles. The van der Waals surface area contributed by atoms with Crippen molar-refractivity contribution >= 4 is 11.6 Å². The van der Waals surface area contributed by atoms with E-state index in [4.69, 9.17) is 16.3 Å². The van der Waals surface area contributed by atoms with Crippen LogP contribution in [0.15, 0.2) is 24.3 Å². The molecule has 1 aromatic carbocycles. The topological polar surface area (TPSA) is 9.23 Å². The number of fused-ring (bicyclic) bond motifs is 1. The molecular weight excluding hydrogens is 304 g/mol. The summed E-state index contributed by atoms with van der Waals surface area (Å²) in [6.07, 6.45) is 16.6. The van der Waals surface area contributed by atoms with E-state index in [2.05, 4.69) is 24.3 Å². The Morgan fingerprint density at radius 3 is 2.04 bits per heavy atom. The van der Waals surface area contributed by atoms with E-state index in [1.54, 1.807) is 0 Å². The second kappa shape index (κ2) is 8.42. The van der Waals surface area contributed by atoms with E-state index in [9.17, 15) is 0 Å². The zero-order valence-electron chi connectivity index (χ0n) is 14.4. The summed E-state index contributed by atoms with van der Waals surface area (Å²) in [5.74, 6) is 1.09. The summed E-state index contributed by atoms with van der Waals surface area (Å²) in [6.45, 7) is 0. The minimum Gasteiger partial charge on any atom is -0.487 e. The number of alkyl halides is 1. The van der Waals surface area contributed by atoms with Crippen LogP contribution in [0.25, 0.3) is 0 Å². The Bertz CT molecular complexity index is 472. The lowest BCUT2D eigenvalue weighted by Gasteiger charge is -2.35. The molecule has 1 atom stereocenters. The van der Waals surface area contributed by atoms with Gasteiger partial charge < -0.3 is 4.74 Å². The largest absolute Gasteiger partial charge is 0.487 e. The zero-order valence-corrected chi connectivity index (χ0v) is 15.1. The molecule has 0 bridgehead atoms. The lowest BCUT2D eigenvalue weighted by molar-refractivity contribution is 0.0395. The maximum absolute atomic E-state index is 6.72. The number of benzene rings is 1. The van der Waals surface area contributed by atoms with Gasteiger partial charge in [-0.2, -0.15) is 0 Å². The van der Waals surface area contributed by atoms with Gasteiger partial charge in [0, 0.05) is 11.8 Å². The first-order valence-corrected chi connectivity index (χ1v) is 10.1. The standard InChI is InChI=1S/C21H31ClO/c22-19-16-18-12-8-9-13-20(18)23-21(17-19)14-10-6-4-2-1-3-5-7-11-15-21/h8-9,12-13,19H,1-7,10-11,14-17H2. The Kier molecular flexibility index (Phi) is 6.28. The fraction of sp³-hybridized carbons (Fsp3) is 0.714. The van der Waals surface area contributed by atoms with Gasteiger partial charge in [0.1, 0.15) is 11.4 Å². The molecule has 0 amide bonds. The van der Waals surface area contributed by atoms with E-state index in [0.29, 0.717) is 0 Å². The van der Waals surface area contributed by atoms with Crippen LogP contribution in [0, 0.1) is 0 Å². The van der Waals surface area contributed by atoms with Crippen molar-refractivity contribution in [3.8, 4) is 5.75 Å². The van der Waals surface area contributed by atoms with Gasteiger partial charge >= 0.3 is 0 Å². The minimum atomic E-state index is -0.0295. The molecule has 23 heavy (non-hydrogen) atoms. The smallest absolute Gasteiger partial charge is 0.123 e. The van der Waals surface area contributed by atoms with Crippen molar-refractivity contribution < 1.29 is 4.74 Å². The van der Waals surface area contributed by atoms with E-state index in [1.807, 2.05) is 0 Å². The van der Waals surface area contributed by atoms with Gasteiger partial charge in [-0.25, -0.2) is 0 Å². The first-order chi connectivity index (χ1) is 11.3. The highest BCUT2D eigenvalue weighted by molar-refractivity contribution is 6.20. The third kappa shape index (κ3) is 4.89. The predicted octanol–water partition coefficient (Wildman–Crippen LogP) is 6.66. The van der Waals surface area contributed by atoms with Gasteiger partial charge in [-0.1, -0.05) is 63.1 Å². The second-order valence-electron chi connectivity index (χ2n) is 7.58. The number of halogens is 1. The summed E-state index contributed by atoms with van der Waals surface area (Å²) in [5, 5.41) is 0.201. The molecule has 1 unspecified atom stereocenters. The molecule has 1 aromatic rings.